The van der Waals surface area contributed by atoms with Crippen molar-refractivity contribution in [3.05, 3.63) is 11.0 Å². The van der Waals surface area contributed by atoms with Crippen molar-refractivity contribution in [2.75, 3.05) is 18.8 Å². The summed E-state index contributed by atoms with van der Waals surface area (Å²) in [5, 5.41) is 0. The van der Waals surface area contributed by atoms with Gasteiger partial charge < -0.3 is 4.90 Å². The number of likely N-dealkylation sites (tertiary alicyclic amines) is 1. The zero-order valence-electron chi connectivity index (χ0n) is 8.86. The number of rotatable bonds is 3. The van der Waals surface area contributed by atoms with Crippen LogP contribution in [0.15, 0.2) is 11.0 Å². The summed E-state index contributed by atoms with van der Waals surface area (Å²) in [5.41, 5.74) is 0. The number of allylic oxidation sites excluding steroid dienone is 1. The normalized spacial score (nSPS) is 25.9. The van der Waals surface area contributed by atoms with Crippen LogP contribution in [-0.4, -0.2) is 35.4 Å². The Hall–Kier alpha value is -0.770. The summed E-state index contributed by atoms with van der Waals surface area (Å²) in [6.45, 7) is 2.91. The Kier molecular flexibility index (Phi) is 3.14. The van der Waals surface area contributed by atoms with Gasteiger partial charge in [-0.25, -0.2) is 0 Å². The van der Waals surface area contributed by atoms with E-state index in [2.05, 4.69) is 6.08 Å². The molecule has 0 aromatic rings. The summed E-state index contributed by atoms with van der Waals surface area (Å²) >= 11 is 1.82. The van der Waals surface area contributed by atoms with Crippen molar-refractivity contribution >= 4 is 23.5 Å². The minimum atomic E-state index is -0.0653. The number of amides is 1. The van der Waals surface area contributed by atoms with E-state index in [0.29, 0.717) is 19.5 Å². The Bertz CT molecular complexity index is 325. The summed E-state index contributed by atoms with van der Waals surface area (Å²) < 4.78 is 0. The van der Waals surface area contributed by atoms with Gasteiger partial charge in [-0.05, 0) is 13.3 Å². The van der Waals surface area contributed by atoms with Crippen molar-refractivity contribution in [1.82, 2.24) is 4.90 Å². The number of carbonyl (C=O) groups is 2. The standard InChI is InChI=1S/C11H15NO2S/c1-8(13)9-5-11(14)12(6-9)7-10-3-2-4-15-10/h3,9H,2,4-7H2,1H3. The molecule has 2 heterocycles. The lowest BCUT2D eigenvalue weighted by Crippen LogP contribution is -2.27. The molecular formula is C11H15NO2S. The van der Waals surface area contributed by atoms with Crippen molar-refractivity contribution in [2.24, 2.45) is 5.92 Å². The molecule has 1 amide bonds. The van der Waals surface area contributed by atoms with Gasteiger partial charge in [-0.3, -0.25) is 9.59 Å². The minimum absolute atomic E-state index is 0.0653. The summed E-state index contributed by atoms with van der Waals surface area (Å²) in [6, 6.07) is 0. The highest BCUT2D eigenvalue weighted by Crippen LogP contribution is 2.28. The van der Waals surface area contributed by atoms with E-state index >= 15 is 0 Å². The second-order valence-corrected chi connectivity index (χ2v) is 5.31. The molecule has 1 unspecified atom stereocenters. The fourth-order valence-corrected chi connectivity index (χ4v) is 2.95. The molecule has 0 radical (unpaired) electrons. The van der Waals surface area contributed by atoms with Gasteiger partial charge in [0, 0.05) is 29.5 Å². The van der Waals surface area contributed by atoms with E-state index in [0.717, 1.165) is 12.2 Å². The van der Waals surface area contributed by atoms with Crippen LogP contribution >= 0.6 is 11.8 Å². The molecule has 0 saturated carbocycles. The maximum absolute atomic E-state index is 11.6. The van der Waals surface area contributed by atoms with Crippen LogP contribution in [0.2, 0.25) is 0 Å². The van der Waals surface area contributed by atoms with Crippen molar-refractivity contribution in [3.8, 4) is 0 Å². The molecule has 1 saturated heterocycles. The molecule has 0 aromatic heterocycles. The summed E-state index contributed by atoms with van der Waals surface area (Å²) in [6.07, 6.45) is 3.71. The molecule has 1 atom stereocenters. The van der Waals surface area contributed by atoms with E-state index in [1.807, 2.05) is 16.7 Å². The smallest absolute Gasteiger partial charge is 0.223 e. The Morgan fingerprint density at radius 2 is 2.47 bits per heavy atom. The van der Waals surface area contributed by atoms with Gasteiger partial charge in [0.15, 0.2) is 0 Å². The Balaban J connectivity index is 1.93. The third kappa shape index (κ3) is 2.43. The quantitative estimate of drug-likeness (QED) is 0.729. The molecule has 0 aliphatic carbocycles. The molecular weight excluding hydrogens is 210 g/mol. The predicted octanol–water partition coefficient (Wildman–Crippen LogP) is 1.44. The second kappa shape index (κ2) is 4.39. The van der Waals surface area contributed by atoms with Gasteiger partial charge >= 0.3 is 0 Å². The lowest BCUT2D eigenvalue weighted by atomic mass is 10.1. The molecule has 0 aromatic carbocycles. The zero-order valence-corrected chi connectivity index (χ0v) is 9.68. The first-order valence-electron chi connectivity index (χ1n) is 5.27. The van der Waals surface area contributed by atoms with Crippen LogP contribution in [-0.2, 0) is 9.59 Å². The molecule has 82 valence electrons. The van der Waals surface area contributed by atoms with Crippen molar-refractivity contribution in [2.45, 2.75) is 19.8 Å². The summed E-state index contributed by atoms with van der Waals surface area (Å²) in [5.74, 6) is 1.33. The predicted molar refractivity (Wildman–Crippen MR) is 60.5 cm³/mol. The number of ketones is 1. The van der Waals surface area contributed by atoms with Crippen LogP contribution < -0.4 is 0 Å². The van der Waals surface area contributed by atoms with E-state index in [9.17, 15) is 9.59 Å². The fourth-order valence-electron chi connectivity index (χ4n) is 1.96. The number of thioether (sulfide) groups is 1. The molecule has 3 nitrogen and oxygen atoms in total. The third-order valence-corrected chi connectivity index (χ3v) is 4.02. The first-order valence-corrected chi connectivity index (χ1v) is 6.25. The summed E-state index contributed by atoms with van der Waals surface area (Å²) in [7, 11) is 0. The maximum Gasteiger partial charge on any atom is 0.223 e. The van der Waals surface area contributed by atoms with Crippen LogP contribution in [0.25, 0.3) is 0 Å². The largest absolute Gasteiger partial charge is 0.337 e. The van der Waals surface area contributed by atoms with Crippen LogP contribution in [0.5, 0.6) is 0 Å². The van der Waals surface area contributed by atoms with Crippen LogP contribution in [0.4, 0.5) is 0 Å². The van der Waals surface area contributed by atoms with Crippen molar-refractivity contribution < 1.29 is 9.59 Å². The number of Topliss-reactive ketones (excluding diaryl/α,β-unsaturated/α-hetero) is 1. The van der Waals surface area contributed by atoms with E-state index in [1.165, 1.54) is 4.91 Å². The topological polar surface area (TPSA) is 37.4 Å². The highest BCUT2D eigenvalue weighted by molar-refractivity contribution is 8.03. The van der Waals surface area contributed by atoms with E-state index in [4.69, 9.17) is 0 Å². The van der Waals surface area contributed by atoms with Gasteiger partial charge in [-0.1, -0.05) is 6.08 Å². The average molecular weight is 225 g/mol. The molecule has 1 fully saturated rings. The van der Waals surface area contributed by atoms with E-state index in [-0.39, 0.29) is 17.6 Å². The summed E-state index contributed by atoms with van der Waals surface area (Å²) in [4.78, 5) is 25.9. The highest BCUT2D eigenvalue weighted by atomic mass is 32.2. The molecule has 0 bridgehead atoms. The number of nitrogens with zero attached hydrogens (tertiary/aromatic N) is 1. The van der Waals surface area contributed by atoms with Crippen molar-refractivity contribution in [1.29, 1.82) is 0 Å². The molecule has 0 N–H and O–H groups in total. The van der Waals surface area contributed by atoms with Gasteiger partial charge in [0.25, 0.3) is 0 Å². The second-order valence-electron chi connectivity index (χ2n) is 4.09. The Labute approximate surface area is 93.9 Å². The average Bonchev–Trinajstić information content (AvgIpc) is 2.77. The number of hydrogen-bond acceptors (Lipinski definition) is 3. The molecule has 0 spiro atoms. The first-order chi connectivity index (χ1) is 7.16. The first kappa shape index (κ1) is 10.7. The van der Waals surface area contributed by atoms with Gasteiger partial charge in [-0.2, -0.15) is 0 Å². The highest BCUT2D eigenvalue weighted by Gasteiger charge is 2.32. The van der Waals surface area contributed by atoms with Crippen LogP contribution in [0.1, 0.15) is 19.8 Å². The van der Waals surface area contributed by atoms with Gasteiger partial charge in [0.2, 0.25) is 5.91 Å². The van der Waals surface area contributed by atoms with Gasteiger partial charge in [0.1, 0.15) is 5.78 Å². The third-order valence-electron chi connectivity index (χ3n) is 2.91. The minimum Gasteiger partial charge on any atom is -0.337 e. The maximum atomic E-state index is 11.6. The Morgan fingerprint density at radius 1 is 1.67 bits per heavy atom. The van der Waals surface area contributed by atoms with Gasteiger partial charge in [0.05, 0.1) is 6.54 Å². The lowest BCUT2D eigenvalue weighted by Gasteiger charge is -2.16. The SMILES string of the molecule is CC(=O)C1CC(=O)N(CC2=CCCS2)C1. The zero-order chi connectivity index (χ0) is 10.8. The molecule has 2 rings (SSSR count). The molecule has 2 aliphatic heterocycles. The van der Waals surface area contributed by atoms with E-state index in [1.54, 1.807) is 6.92 Å². The van der Waals surface area contributed by atoms with Crippen LogP contribution in [0, 0.1) is 5.92 Å². The van der Waals surface area contributed by atoms with Crippen molar-refractivity contribution in [3.63, 3.8) is 0 Å². The monoisotopic (exact) mass is 225 g/mol. The Morgan fingerprint density at radius 3 is 3.00 bits per heavy atom. The van der Waals surface area contributed by atoms with Crippen LogP contribution in [0.3, 0.4) is 0 Å². The molecule has 4 heteroatoms. The molecule has 15 heavy (non-hydrogen) atoms. The molecule has 2 aliphatic rings. The van der Waals surface area contributed by atoms with Gasteiger partial charge in [-0.15, -0.1) is 11.8 Å². The number of carbonyl (C=O) groups excluding carboxylic acids is 2. The number of hydrogen-bond donors (Lipinski definition) is 0. The van der Waals surface area contributed by atoms with E-state index < -0.39 is 0 Å². The fraction of sp³-hybridized carbons (Fsp3) is 0.636. The lowest BCUT2D eigenvalue weighted by molar-refractivity contribution is -0.128.